The van der Waals surface area contributed by atoms with Crippen LogP contribution in [-0.2, 0) is 27.9 Å². The van der Waals surface area contributed by atoms with Crippen molar-refractivity contribution in [1.29, 1.82) is 0 Å². The van der Waals surface area contributed by atoms with E-state index in [1.165, 1.54) is 7.11 Å². The van der Waals surface area contributed by atoms with E-state index in [0.717, 1.165) is 46.4 Å². The number of carbonyl (C=O) groups excluding carboxylic acids is 1. The van der Waals surface area contributed by atoms with E-state index in [4.69, 9.17) is 19.3 Å². The summed E-state index contributed by atoms with van der Waals surface area (Å²) in [6.45, 7) is 3.81. The molecule has 1 fully saturated rings. The Morgan fingerprint density at radius 1 is 1.17 bits per heavy atom. The Balaban J connectivity index is 1.57. The van der Waals surface area contributed by atoms with Crippen LogP contribution in [0.15, 0.2) is 54.7 Å². The van der Waals surface area contributed by atoms with Gasteiger partial charge in [0.1, 0.15) is 5.75 Å². The van der Waals surface area contributed by atoms with Crippen molar-refractivity contribution in [2.24, 2.45) is 7.05 Å². The molecule has 5 rings (SSSR count). The molecule has 0 bridgehead atoms. The fourth-order valence-electron chi connectivity index (χ4n) is 4.13. The van der Waals surface area contributed by atoms with E-state index < -0.39 is 11.6 Å². The molecule has 0 N–H and O–H groups in total. The smallest absolute Gasteiger partial charge is 0.337 e. The Morgan fingerprint density at radius 2 is 1.97 bits per heavy atom. The zero-order chi connectivity index (χ0) is 24.6. The van der Waals surface area contributed by atoms with Crippen LogP contribution in [0.1, 0.15) is 38.8 Å². The molecule has 1 aliphatic carbocycles. The SMILES string of the molecule is CC[C@@](C)(OCc1cc(-c2cccc(OC3CC3)c2)n(-c2cccc3cnn(C)c23)n1)C(=O)OC. The van der Waals surface area contributed by atoms with Crippen molar-refractivity contribution in [3.05, 3.63) is 60.4 Å². The van der Waals surface area contributed by atoms with Gasteiger partial charge >= 0.3 is 5.97 Å². The number of aromatic nitrogens is 4. The topological polar surface area (TPSA) is 80.4 Å². The second-order valence-corrected chi connectivity index (χ2v) is 9.13. The highest BCUT2D eigenvalue weighted by Gasteiger charge is 2.34. The molecule has 4 aromatic rings. The monoisotopic (exact) mass is 474 g/mol. The maximum absolute atomic E-state index is 12.3. The highest BCUT2D eigenvalue weighted by Crippen LogP contribution is 2.33. The molecule has 0 spiro atoms. The lowest BCUT2D eigenvalue weighted by atomic mass is 10.0. The van der Waals surface area contributed by atoms with Crippen LogP contribution in [0.25, 0.3) is 27.8 Å². The third kappa shape index (κ3) is 4.53. The lowest BCUT2D eigenvalue weighted by Crippen LogP contribution is -2.38. The van der Waals surface area contributed by atoms with E-state index in [2.05, 4.69) is 5.10 Å². The van der Waals surface area contributed by atoms with Crippen molar-refractivity contribution in [3.8, 4) is 22.7 Å². The number of aryl methyl sites for hydroxylation is 1. The molecule has 8 nitrogen and oxygen atoms in total. The van der Waals surface area contributed by atoms with E-state index in [1.54, 1.807) is 6.92 Å². The number of carbonyl (C=O) groups is 1. The molecule has 1 aliphatic rings. The van der Waals surface area contributed by atoms with Crippen LogP contribution < -0.4 is 4.74 Å². The molecule has 1 saturated carbocycles. The van der Waals surface area contributed by atoms with Crippen LogP contribution in [0, 0.1) is 0 Å². The molecule has 8 heteroatoms. The summed E-state index contributed by atoms with van der Waals surface area (Å²) >= 11 is 0. The molecule has 2 aromatic heterocycles. The maximum Gasteiger partial charge on any atom is 0.337 e. The van der Waals surface area contributed by atoms with Crippen molar-refractivity contribution < 1.29 is 19.0 Å². The number of nitrogens with zero attached hydrogens (tertiary/aromatic N) is 4. The van der Waals surface area contributed by atoms with Gasteiger partial charge in [-0.1, -0.05) is 31.2 Å². The number of para-hydroxylation sites is 1. The average molecular weight is 475 g/mol. The number of esters is 1. The minimum atomic E-state index is -1.04. The van der Waals surface area contributed by atoms with Crippen molar-refractivity contribution in [1.82, 2.24) is 19.6 Å². The molecule has 0 saturated heterocycles. The van der Waals surface area contributed by atoms with Crippen molar-refractivity contribution >= 4 is 16.9 Å². The molecule has 182 valence electrons. The van der Waals surface area contributed by atoms with E-state index in [-0.39, 0.29) is 6.61 Å². The number of benzene rings is 2. The van der Waals surface area contributed by atoms with Gasteiger partial charge < -0.3 is 14.2 Å². The summed E-state index contributed by atoms with van der Waals surface area (Å²) in [5.74, 6) is 0.447. The van der Waals surface area contributed by atoms with Crippen molar-refractivity contribution in [3.63, 3.8) is 0 Å². The van der Waals surface area contributed by atoms with Gasteiger partial charge in [0.05, 0.1) is 48.6 Å². The number of fused-ring (bicyclic) bond motifs is 1. The van der Waals surface area contributed by atoms with Crippen molar-refractivity contribution in [2.75, 3.05) is 7.11 Å². The summed E-state index contributed by atoms with van der Waals surface area (Å²) in [5, 5.41) is 10.4. The highest BCUT2D eigenvalue weighted by atomic mass is 16.6. The number of rotatable bonds is 9. The molecule has 0 radical (unpaired) electrons. The predicted octanol–water partition coefficient (Wildman–Crippen LogP) is 4.83. The Morgan fingerprint density at radius 3 is 2.71 bits per heavy atom. The number of methoxy groups -OCH3 is 1. The molecule has 2 heterocycles. The van der Waals surface area contributed by atoms with Crippen LogP contribution >= 0.6 is 0 Å². The first-order chi connectivity index (χ1) is 16.9. The Bertz CT molecular complexity index is 1370. The molecule has 2 aromatic carbocycles. The van der Waals surface area contributed by atoms with Crippen molar-refractivity contribution in [2.45, 2.75) is 51.4 Å². The van der Waals surface area contributed by atoms with Gasteiger partial charge in [-0.3, -0.25) is 4.68 Å². The lowest BCUT2D eigenvalue weighted by molar-refractivity contribution is -0.169. The van der Waals surface area contributed by atoms with Crippen LogP contribution in [0.5, 0.6) is 5.75 Å². The van der Waals surface area contributed by atoms with Gasteiger partial charge in [0.2, 0.25) is 0 Å². The Kier molecular flexibility index (Phi) is 6.06. The molecular weight excluding hydrogens is 444 g/mol. The van der Waals surface area contributed by atoms with Gasteiger partial charge in [0.15, 0.2) is 5.60 Å². The normalized spacial score (nSPS) is 15.2. The first-order valence-electron chi connectivity index (χ1n) is 11.9. The molecule has 1 atom stereocenters. The zero-order valence-electron chi connectivity index (χ0n) is 20.5. The van der Waals surface area contributed by atoms with Gasteiger partial charge in [0.25, 0.3) is 0 Å². The van der Waals surface area contributed by atoms with E-state index in [9.17, 15) is 4.79 Å². The minimum Gasteiger partial charge on any atom is -0.490 e. The van der Waals surface area contributed by atoms with E-state index in [0.29, 0.717) is 18.2 Å². The zero-order valence-corrected chi connectivity index (χ0v) is 20.5. The molecular formula is C27H30N4O4. The van der Waals surface area contributed by atoms with Crippen LogP contribution in [0.4, 0.5) is 0 Å². The van der Waals surface area contributed by atoms with E-state index >= 15 is 0 Å². The maximum atomic E-state index is 12.3. The average Bonchev–Trinajstić information content (AvgIpc) is 3.46. The summed E-state index contributed by atoms with van der Waals surface area (Å²) < 4.78 is 20.8. The minimum absolute atomic E-state index is 0.166. The number of hydrogen-bond acceptors (Lipinski definition) is 6. The largest absolute Gasteiger partial charge is 0.490 e. The Labute approximate surface area is 204 Å². The summed E-state index contributed by atoms with van der Waals surface area (Å²) in [4.78, 5) is 12.3. The van der Waals surface area contributed by atoms with Gasteiger partial charge in [-0.05, 0) is 50.5 Å². The molecule has 0 unspecified atom stereocenters. The molecule has 0 aliphatic heterocycles. The van der Waals surface area contributed by atoms with Crippen LogP contribution in [0.3, 0.4) is 0 Å². The van der Waals surface area contributed by atoms with Crippen LogP contribution in [-0.4, -0.2) is 44.3 Å². The summed E-state index contributed by atoms with van der Waals surface area (Å²) in [7, 11) is 3.30. The molecule has 0 amide bonds. The predicted molar refractivity (Wildman–Crippen MR) is 132 cm³/mol. The molecule has 35 heavy (non-hydrogen) atoms. The standard InChI is InChI=1S/C27H30N4O4/c1-5-27(2,26(32)33-4)34-17-20-15-24(18-8-6-10-22(14-18)35-21-12-13-21)31(29-20)23-11-7-9-19-16-28-30(3)25(19)23/h6-11,14-16,21H,5,12-13,17H2,1-4H3/t27-/m1/s1. The third-order valence-corrected chi connectivity index (χ3v) is 6.52. The second-order valence-electron chi connectivity index (χ2n) is 9.13. The van der Waals surface area contributed by atoms with Gasteiger partial charge in [0, 0.05) is 18.0 Å². The van der Waals surface area contributed by atoms with Gasteiger partial charge in [-0.2, -0.15) is 10.2 Å². The third-order valence-electron chi connectivity index (χ3n) is 6.52. The second kappa shape index (κ2) is 9.19. The number of hydrogen-bond donors (Lipinski definition) is 0. The fourth-order valence-corrected chi connectivity index (χ4v) is 4.13. The summed E-state index contributed by atoms with van der Waals surface area (Å²) in [6, 6.07) is 16.1. The van der Waals surface area contributed by atoms with Gasteiger partial charge in [-0.15, -0.1) is 0 Å². The van der Waals surface area contributed by atoms with E-state index in [1.807, 2.05) is 78.1 Å². The lowest BCUT2D eigenvalue weighted by Gasteiger charge is -2.24. The highest BCUT2D eigenvalue weighted by molar-refractivity contribution is 5.87. The number of ether oxygens (including phenoxy) is 3. The first-order valence-corrected chi connectivity index (χ1v) is 11.9. The first kappa shape index (κ1) is 23.1. The summed E-state index contributed by atoms with van der Waals surface area (Å²) in [5.41, 5.74) is 3.42. The Hall–Kier alpha value is -3.65. The quantitative estimate of drug-likeness (QED) is 0.324. The van der Waals surface area contributed by atoms with Crippen LogP contribution in [0.2, 0.25) is 0 Å². The van der Waals surface area contributed by atoms with Gasteiger partial charge in [-0.25, -0.2) is 9.48 Å². The summed E-state index contributed by atoms with van der Waals surface area (Å²) in [6.07, 6.45) is 4.85. The fraction of sp³-hybridized carbons (Fsp3) is 0.370.